The van der Waals surface area contributed by atoms with Crippen molar-refractivity contribution in [3.63, 3.8) is 0 Å². The predicted molar refractivity (Wildman–Crippen MR) is 50.9 cm³/mol. The van der Waals surface area contributed by atoms with Gasteiger partial charge in [0.2, 0.25) is 0 Å². The molecular formula is C8H14N4. The molecule has 1 heterocycles. The second-order valence-corrected chi connectivity index (χ2v) is 2.64. The van der Waals surface area contributed by atoms with E-state index in [0.717, 1.165) is 17.9 Å². The van der Waals surface area contributed by atoms with Crippen molar-refractivity contribution in [2.45, 2.75) is 6.92 Å². The molecule has 4 nitrogen and oxygen atoms in total. The molecule has 4 heteroatoms. The van der Waals surface area contributed by atoms with Crippen molar-refractivity contribution in [1.82, 2.24) is 4.98 Å². The smallest absolute Gasteiger partial charge is 0.126 e. The number of rotatable bonds is 3. The SMILES string of the molecule is Cc1cc(NCCN)ncc1N. The molecule has 0 bridgehead atoms. The lowest BCUT2D eigenvalue weighted by atomic mass is 10.2. The monoisotopic (exact) mass is 166 g/mol. The van der Waals surface area contributed by atoms with Gasteiger partial charge in [0.25, 0.3) is 0 Å². The lowest BCUT2D eigenvalue weighted by Crippen LogP contribution is -2.14. The van der Waals surface area contributed by atoms with Crippen molar-refractivity contribution >= 4 is 11.5 Å². The van der Waals surface area contributed by atoms with Crippen LogP contribution in [0.1, 0.15) is 5.56 Å². The average molecular weight is 166 g/mol. The molecule has 0 radical (unpaired) electrons. The molecule has 0 saturated heterocycles. The van der Waals surface area contributed by atoms with Crippen molar-refractivity contribution in [3.8, 4) is 0 Å². The van der Waals surface area contributed by atoms with Crippen molar-refractivity contribution in [2.75, 3.05) is 24.1 Å². The first-order valence-corrected chi connectivity index (χ1v) is 3.90. The third-order valence-electron chi connectivity index (χ3n) is 1.60. The minimum Gasteiger partial charge on any atom is -0.397 e. The Morgan fingerprint density at radius 3 is 2.92 bits per heavy atom. The summed E-state index contributed by atoms with van der Waals surface area (Å²) >= 11 is 0. The van der Waals surface area contributed by atoms with Crippen LogP contribution in [0.25, 0.3) is 0 Å². The van der Waals surface area contributed by atoms with Crippen LogP contribution in [-0.2, 0) is 0 Å². The highest BCUT2D eigenvalue weighted by atomic mass is 15.0. The number of pyridine rings is 1. The summed E-state index contributed by atoms with van der Waals surface area (Å²) in [6.45, 7) is 3.28. The maximum absolute atomic E-state index is 5.60. The van der Waals surface area contributed by atoms with Gasteiger partial charge in [-0.3, -0.25) is 0 Å². The van der Waals surface area contributed by atoms with E-state index in [0.29, 0.717) is 12.2 Å². The third-order valence-corrected chi connectivity index (χ3v) is 1.60. The zero-order valence-corrected chi connectivity index (χ0v) is 7.17. The molecule has 1 rings (SSSR count). The van der Waals surface area contributed by atoms with Crippen LogP contribution in [0, 0.1) is 6.92 Å². The number of nitrogens with zero attached hydrogens (tertiary/aromatic N) is 1. The fourth-order valence-corrected chi connectivity index (χ4v) is 0.863. The third kappa shape index (κ3) is 2.10. The van der Waals surface area contributed by atoms with E-state index in [4.69, 9.17) is 11.5 Å². The summed E-state index contributed by atoms with van der Waals surface area (Å²) < 4.78 is 0. The van der Waals surface area contributed by atoms with Gasteiger partial charge in [-0.25, -0.2) is 4.98 Å². The first-order chi connectivity index (χ1) is 5.74. The Bertz CT molecular complexity index is 259. The minimum absolute atomic E-state index is 0.602. The number of nitrogens with one attached hydrogen (secondary N) is 1. The largest absolute Gasteiger partial charge is 0.397 e. The van der Waals surface area contributed by atoms with Crippen LogP contribution in [0.3, 0.4) is 0 Å². The van der Waals surface area contributed by atoms with Crippen molar-refractivity contribution in [2.24, 2.45) is 5.73 Å². The molecule has 0 aliphatic carbocycles. The van der Waals surface area contributed by atoms with E-state index in [2.05, 4.69) is 10.3 Å². The first-order valence-electron chi connectivity index (χ1n) is 3.90. The maximum atomic E-state index is 5.60. The van der Waals surface area contributed by atoms with Gasteiger partial charge in [-0.2, -0.15) is 0 Å². The van der Waals surface area contributed by atoms with E-state index in [1.165, 1.54) is 0 Å². The lowest BCUT2D eigenvalue weighted by molar-refractivity contribution is 1.01. The molecule has 0 fully saturated rings. The molecule has 0 spiro atoms. The van der Waals surface area contributed by atoms with E-state index in [9.17, 15) is 0 Å². The van der Waals surface area contributed by atoms with Gasteiger partial charge in [0.05, 0.1) is 11.9 Å². The summed E-state index contributed by atoms with van der Waals surface area (Å²) in [6.07, 6.45) is 1.65. The topological polar surface area (TPSA) is 77.0 Å². The van der Waals surface area contributed by atoms with Crippen LogP contribution in [0.2, 0.25) is 0 Å². The number of anilines is 2. The van der Waals surface area contributed by atoms with Gasteiger partial charge in [-0.1, -0.05) is 0 Å². The number of aryl methyl sites for hydroxylation is 1. The Hall–Kier alpha value is -1.29. The van der Waals surface area contributed by atoms with Crippen LogP contribution in [0.5, 0.6) is 0 Å². The Balaban J connectivity index is 2.69. The Kier molecular flexibility index (Phi) is 2.88. The van der Waals surface area contributed by atoms with Gasteiger partial charge < -0.3 is 16.8 Å². The average Bonchev–Trinajstić information content (AvgIpc) is 2.07. The van der Waals surface area contributed by atoms with Crippen molar-refractivity contribution < 1.29 is 0 Å². The number of nitrogens with two attached hydrogens (primary N) is 2. The summed E-state index contributed by atoms with van der Waals surface area (Å²) in [4.78, 5) is 4.08. The molecule has 1 aromatic rings. The van der Waals surface area contributed by atoms with Gasteiger partial charge in [0, 0.05) is 13.1 Å². The molecule has 0 unspecified atom stereocenters. The summed E-state index contributed by atoms with van der Waals surface area (Å²) in [7, 11) is 0. The standard InChI is InChI=1S/C8H14N4/c1-6-4-8(11-3-2-9)12-5-7(6)10/h4-5H,2-3,9-10H2,1H3,(H,11,12). The predicted octanol–water partition coefficient (Wildman–Crippen LogP) is 0.343. The molecule has 0 atom stereocenters. The highest BCUT2D eigenvalue weighted by molar-refractivity contribution is 5.50. The molecule has 1 aromatic heterocycles. The molecule has 66 valence electrons. The van der Waals surface area contributed by atoms with E-state index < -0.39 is 0 Å². The molecule has 0 aromatic carbocycles. The molecular weight excluding hydrogens is 152 g/mol. The Morgan fingerprint density at radius 1 is 1.58 bits per heavy atom. The summed E-state index contributed by atoms with van der Waals surface area (Å²) in [6, 6.07) is 1.91. The van der Waals surface area contributed by atoms with Crippen molar-refractivity contribution in [3.05, 3.63) is 17.8 Å². The van der Waals surface area contributed by atoms with Crippen LogP contribution in [-0.4, -0.2) is 18.1 Å². The van der Waals surface area contributed by atoms with Crippen LogP contribution in [0.4, 0.5) is 11.5 Å². The summed E-state index contributed by atoms with van der Waals surface area (Å²) in [5.74, 6) is 0.826. The fourth-order valence-electron chi connectivity index (χ4n) is 0.863. The number of aromatic nitrogens is 1. The highest BCUT2D eigenvalue weighted by Gasteiger charge is 1.95. The van der Waals surface area contributed by atoms with Gasteiger partial charge in [-0.15, -0.1) is 0 Å². The molecule has 0 aliphatic rings. The van der Waals surface area contributed by atoms with Gasteiger partial charge in [0.15, 0.2) is 0 Å². The van der Waals surface area contributed by atoms with Gasteiger partial charge in [0.1, 0.15) is 5.82 Å². The van der Waals surface area contributed by atoms with Gasteiger partial charge in [-0.05, 0) is 18.6 Å². The fraction of sp³-hybridized carbons (Fsp3) is 0.375. The Labute approximate surface area is 72.0 Å². The van der Waals surface area contributed by atoms with Crippen molar-refractivity contribution in [1.29, 1.82) is 0 Å². The normalized spacial score (nSPS) is 9.83. The van der Waals surface area contributed by atoms with E-state index in [1.807, 2.05) is 13.0 Å². The van der Waals surface area contributed by atoms with Crippen LogP contribution >= 0.6 is 0 Å². The lowest BCUT2D eigenvalue weighted by Gasteiger charge is -2.05. The molecule has 0 amide bonds. The van der Waals surface area contributed by atoms with Crippen LogP contribution in [0.15, 0.2) is 12.3 Å². The highest BCUT2D eigenvalue weighted by Crippen LogP contribution is 2.12. The molecule has 5 N–H and O–H groups in total. The maximum Gasteiger partial charge on any atom is 0.126 e. The Morgan fingerprint density at radius 2 is 2.33 bits per heavy atom. The minimum atomic E-state index is 0.602. The van der Waals surface area contributed by atoms with E-state index in [-0.39, 0.29) is 0 Å². The number of nitrogen functional groups attached to an aromatic ring is 1. The quantitative estimate of drug-likeness (QED) is 0.605. The molecule has 0 saturated carbocycles. The number of hydrogen-bond acceptors (Lipinski definition) is 4. The molecule has 0 aliphatic heterocycles. The zero-order chi connectivity index (χ0) is 8.97. The van der Waals surface area contributed by atoms with Gasteiger partial charge >= 0.3 is 0 Å². The second kappa shape index (κ2) is 3.92. The van der Waals surface area contributed by atoms with E-state index >= 15 is 0 Å². The number of hydrogen-bond donors (Lipinski definition) is 3. The second-order valence-electron chi connectivity index (χ2n) is 2.64. The van der Waals surface area contributed by atoms with E-state index in [1.54, 1.807) is 6.20 Å². The zero-order valence-electron chi connectivity index (χ0n) is 7.17. The first kappa shape index (κ1) is 8.80. The summed E-state index contributed by atoms with van der Waals surface area (Å²) in [5, 5.41) is 3.07. The summed E-state index contributed by atoms with van der Waals surface area (Å²) in [5.41, 5.74) is 12.7. The van der Waals surface area contributed by atoms with Crippen LogP contribution < -0.4 is 16.8 Å². The molecule has 12 heavy (non-hydrogen) atoms.